The van der Waals surface area contributed by atoms with Gasteiger partial charge in [-0.1, -0.05) is 18.2 Å². The van der Waals surface area contributed by atoms with Crippen molar-refractivity contribution in [3.8, 4) is 17.1 Å². The van der Waals surface area contributed by atoms with Crippen LogP contribution < -0.4 is 5.32 Å². The van der Waals surface area contributed by atoms with Gasteiger partial charge in [-0.05, 0) is 92.4 Å². The van der Waals surface area contributed by atoms with E-state index in [2.05, 4.69) is 15.4 Å². The third-order valence-electron chi connectivity index (χ3n) is 5.50. The normalized spacial score (nSPS) is 10.9. The topological polar surface area (TPSA) is 59.8 Å². The number of rotatable bonds is 4. The van der Waals surface area contributed by atoms with E-state index in [-0.39, 0.29) is 11.6 Å². The molecule has 0 aliphatic heterocycles. The van der Waals surface area contributed by atoms with Crippen LogP contribution in [0.4, 0.5) is 10.1 Å². The Balaban J connectivity index is 1.78. The monoisotopic (exact) mass is 414 g/mol. The van der Waals surface area contributed by atoms with E-state index in [9.17, 15) is 9.18 Å². The second-order valence-corrected chi connectivity index (χ2v) is 7.65. The molecule has 4 aromatic rings. The first kappa shape index (κ1) is 20.5. The Morgan fingerprint density at radius 3 is 2.35 bits per heavy atom. The first-order valence-corrected chi connectivity index (χ1v) is 10.0. The van der Waals surface area contributed by atoms with Gasteiger partial charge in [-0.25, -0.2) is 14.1 Å². The lowest BCUT2D eigenvalue weighted by Gasteiger charge is -2.09. The van der Waals surface area contributed by atoms with E-state index in [4.69, 9.17) is 0 Å². The van der Waals surface area contributed by atoms with Crippen molar-refractivity contribution in [1.29, 1.82) is 0 Å². The molecule has 0 fully saturated rings. The molecule has 1 amide bonds. The molecule has 0 unspecified atom stereocenters. The molecule has 0 spiro atoms. The highest BCUT2D eigenvalue weighted by Crippen LogP contribution is 2.24. The van der Waals surface area contributed by atoms with Crippen molar-refractivity contribution in [2.24, 2.45) is 0 Å². The molecular weight excluding hydrogens is 391 g/mol. The van der Waals surface area contributed by atoms with Crippen molar-refractivity contribution in [2.75, 3.05) is 5.32 Å². The number of nitrogens with one attached hydrogen (secondary N) is 1. The maximum absolute atomic E-state index is 13.5. The number of aromatic nitrogens is 3. The Bertz CT molecular complexity index is 1280. The lowest BCUT2D eigenvalue weighted by molar-refractivity contribution is 0.101. The van der Waals surface area contributed by atoms with Crippen LogP contribution in [-0.2, 0) is 0 Å². The van der Waals surface area contributed by atoms with Gasteiger partial charge in [0, 0.05) is 11.3 Å². The van der Waals surface area contributed by atoms with E-state index in [0.717, 1.165) is 33.6 Å². The molecule has 0 radical (unpaired) electrons. The van der Waals surface area contributed by atoms with Crippen LogP contribution >= 0.6 is 0 Å². The number of carbonyl (C=O) groups is 1. The van der Waals surface area contributed by atoms with Crippen LogP contribution in [-0.4, -0.2) is 20.7 Å². The van der Waals surface area contributed by atoms with Gasteiger partial charge in [0.05, 0.1) is 5.69 Å². The standard InChI is InChI=1S/C25H23FN4O/c1-15-8-13-21(14-17(15)3)30-24(19-9-11-20(26)12-10-19)28-23(29-30)25(31)27-22-7-5-6-16(2)18(22)4/h5-14H,1-4H3,(H,27,31). The highest BCUT2D eigenvalue weighted by Gasteiger charge is 2.20. The quantitative estimate of drug-likeness (QED) is 0.476. The van der Waals surface area contributed by atoms with Crippen molar-refractivity contribution in [2.45, 2.75) is 27.7 Å². The Hall–Kier alpha value is -3.80. The van der Waals surface area contributed by atoms with Crippen molar-refractivity contribution in [3.63, 3.8) is 0 Å². The minimum atomic E-state index is -0.403. The highest BCUT2D eigenvalue weighted by atomic mass is 19.1. The number of anilines is 1. The van der Waals surface area contributed by atoms with Crippen molar-refractivity contribution in [3.05, 3.63) is 94.6 Å². The zero-order chi connectivity index (χ0) is 22.1. The number of halogens is 1. The van der Waals surface area contributed by atoms with Crippen molar-refractivity contribution >= 4 is 11.6 Å². The second kappa shape index (κ2) is 8.14. The molecular formula is C25H23FN4O. The highest BCUT2D eigenvalue weighted by molar-refractivity contribution is 6.02. The molecule has 0 atom stereocenters. The number of aryl methyl sites for hydroxylation is 3. The van der Waals surface area contributed by atoms with Gasteiger partial charge < -0.3 is 5.32 Å². The van der Waals surface area contributed by atoms with Gasteiger partial charge in [0.15, 0.2) is 5.82 Å². The van der Waals surface area contributed by atoms with Crippen LogP contribution in [0.15, 0.2) is 60.7 Å². The number of carbonyl (C=O) groups excluding carboxylic acids is 1. The van der Waals surface area contributed by atoms with Crippen LogP contribution in [0.25, 0.3) is 17.1 Å². The largest absolute Gasteiger partial charge is 0.319 e. The summed E-state index contributed by atoms with van der Waals surface area (Å²) in [6.45, 7) is 7.99. The molecule has 3 aromatic carbocycles. The SMILES string of the molecule is Cc1ccc(-n2nc(C(=O)Nc3cccc(C)c3C)nc2-c2ccc(F)cc2)cc1C. The molecule has 156 valence electrons. The summed E-state index contributed by atoms with van der Waals surface area (Å²) in [4.78, 5) is 17.5. The summed E-state index contributed by atoms with van der Waals surface area (Å²) in [5, 5.41) is 7.40. The summed E-state index contributed by atoms with van der Waals surface area (Å²) in [5.74, 6) is -0.235. The minimum absolute atomic E-state index is 0.0402. The van der Waals surface area contributed by atoms with Crippen molar-refractivity contribution in [1.82, 2.24) is 14.8 Å². The van der Waals surface area contributed by atoms with Gasteiger partial charge in [0.1, 0.15) is 5.82 Å². The molecule has 0 bridgehead atoms. The van der Waals surface area contributed by atoms with Gasteiger partial charge in [0.2, 0.25) is 5.82 Å². The Morgan fingerprint density at radius 2 is 1.65 bits per heavy atom. The zero-order valence-corrected chi connectivity index (χ0v) is 17.9. The van der Waals surface area contributed by atoms with Crippen LogP contribution in [0.5, 0.6) is 0 Å². The number of amides is 1. The van der Waals surface area contributed by atoms with Gasteiger partial charge in [-0.15, -0.1) is 5.10 Å². The lowest BCUT2D eigenvalue weighted by Crippen LogP contribution is -2.15. The lowest BCUT2D eigenvalue weighted by atomic mass is 10.1. The Morgan fingerprint density at radius 1 is 0.903 bits per heavy atom. The minimum Gasteiger partial charge on any atom is -0.319 e. The van der Waals surface area contributed by atoms with Gasteiger partial charge >= 0.3 is 0 Å². The fraction of sp³-hybridized carbons (Fsp3) is 0.160. The molecule has 1 N–H and O–H groups in total. The predicted molar refractivity (Wildman–Crippen MR) is 120 cm³/mol. The fourth-order valence-electron chi connectivity index (χ4n) is 3.30. The summed E-state index contributed by atoms with van der Waals surface area (Å²) in [6.07, 6.45) is 0. The van der Waals surface area contributed by atoms with E-state index in [1.165, 1.54) is 12.1 Å². The van der Waals surface area contributed by atoms with Gasteiger partial charge in [-0.3, -0.25) is 4.79 Å². The molecule has 0 saturated carbocycles. The maximum atomic E-state index is 13.5. The number of nitrogens with zero attached hydrogens (tertiary/aromatic N) is 3. The van der Waals surface area contributed by atoms with Crippen LogP contribution in [0, 0.1) is 33.5 Å². The van der Waals surface area contributed by atoms with Crippen LogP contribution in [0.1, 0.15) is 32.9 Å². The van der Waals surface area contributed by atoms with Crippen LogP contribution in [0.2, 0.25) is 0 Å². The maximum Gasteiger partial charge on any atom is 0.295 e. The van der Waals surface area contributed by atoms with E-state index in [1.54, 1.807) is 16.8 Å². The average Bonchev–Trinajstić information content (AvgIpc) is 3.19. The van der Waals surface area contributed by atoms with E-state index >= 15 is 0 Å². The number of benzene rings is 3. The third kappa shape index (κ3) is 4.10. The summed E-state index contributed by atoms with van der Waals surface area (Å²) < 4.78 is 15.1. The zero-order valence-electron chi connectivity index (χ0n) is 17.9. The van der Waals surface area contributed by atoms with Gasteiger partial charge in [-0.2, -0.15) is 0 Å². The predicted octanol–water partition coefficient (Wildman–Crippen LogP) is 5.56. The Labute approximate surface area is 180 Å². The average molecular weight is 414 g/mol. The molecule has 0 aliphatic carbocycles. The van der Waals surface area contributed by atoms with Crippen LogP contribution in [0.3, 0.4) is 0 Å². The molecule has 6 heteroatoms. The number of hydrogen-bond acceptors (Lipinski definition) is 3. The first-order valence-electron chi connectivity index (χ1n) is 10.0. The van der Waals surface area contributed by atoms with E-state index < -0.39 is 5.91 Å². The van der Waals surface area contributed by atoms with Crippen molar-refractivity contribution < 1.29 is 9.18 Å². The van der Waals surface area contributed by atoms with E-state index in [1.807, 2.05) is 64.1 Å². The fourth-order valence-corrected chi connectivity index (χ4v) is 3.30. The molecule has 1 heterocycles. The number of hydrogen-bond donors (Lipinski definition) is 1. The smallest absolute Gasteiger partial charge is 0.295 e. The third-order valence-corrected chi connectivity index (χ3v) is 5.50. The summed E-state index contributed by atoms with van der Waals surface area (Å²) >= 11 is 0. The Kier molecular flexibility index (Phi) is 5.38. The summed E-state index contributed by atoms with van der Waals surface area (Å²) in [5.41, 5.74) is 6.48. The van der Waals surface area contributed by atoms with E-state index in [0.29, 0.717) is 11.4 Å². The molecule has 5 nitrogen and oxygen atoms in total. The molecule has 4 rings (SSSR count). The first-order chi connectivity index (χ1) is 14.8. The summed E-state index contributed by atoms with van der Waals surface area (Å²) in [6, 6.07) is 17.6. The van der Waals surface area contributed by atoms with Gasteiger partial charge in [0.25, 0.3) is 5.91 Å². The second-order valence-electron chi connectivity index (χ2n) is 7.65. The molecule has 0 aliphatic rings. The molecule has 1 aromatic heterocycles. The molecule has 0 saturated heterocycles. The molecule has 31 heavy (non-hydrogen) atoms. The summed E-state index contributed by atoms with van der Waals surface area (Å²) in [7, 11) is 0.